The number of amides is 1. The molecule has 0 bridgehead atoms. The second-order valence-electron chi connectivity index (χ2n) is 5.58. The average Bonchev–Trinajstić information content (AvgIpc) is 2.94. The number of carbonyl (C=O) groups is 2. The number of hydrogen-bond acceptors (Lipinski definition) is 5. The maximum atomic E-state index is 12.2. The first kappa shape index (κ1) is 17.8. The summed E-state index contributed by atoms with van der Waals surface area (Å²) in [4.78, 5) is 28.3. The minimum atomic E-state index is -1.06. The molecule has 0 radical (unpaired) electrons. The van der Waals surface area contributed by atoms with Gasteiger partial charge in [0.15, 0.2) is 5.17 Å². The Morgan fingerprint density at radius 2 is 2.08 bits per heavy atom. The summed E-state index contributed by atoms with van der Waals surface area (Å²) >= 11 is 1.16. The molecule has 1 aliphatic heterocycles. The van der Waals surface area contributed by atoms with Crippen LogP contribution in [0.25, 0.3) is 6.08 Å². The van der Waals surface area contributed by atoms with Crippen LogP contribution in [0, 0.1) is 6.92 Å². The highest BCUT2D eigenvalue weighted by molar-refractivity contribution is 8.18. The number of thioether (sulfide) groups is 1. The number of carboxylic acid groups (broad SMARTS) is 1. The molecule has 1 heterocycles. The summed E-state index contributed by atoms with van der Waals surface area (Å²) < 4.78 is 5.18. The van der Waals surface area contributed by atoms with Gasteiger partial charge in [0.2, 0.25) is 0 Å². The van der Waals surface area contributed by atoms with E-state index in [0.717, 1.165) is 22.9 Å². The van der Waals surface area contributed by atoms with Crippen molar-refractivity contribution >= 4 is 40.6 Å². The van der Waals surface area contributed by atoms with Gasteiger partial charge in [0.25, 0.3) is 5.91 Å². The third-order valence-corrected chi connectivity index (χ3v) is 4.56. The molecule has 2 N–H and O–H groups in total. The fraction of sp³-hybridized carbons (Fsp3) is 0.105. The molecule has 7 heteroatoms. The number of benzene rings is 2. The van der Waals surface area contributed by atoms with Crippen LogP contribution in [-0.4, -0.2) is 29.3 Å². The van der Waals surface area contributed by atoms with Crippen molar-refractivity contribution in [2.75, 3.05) is 7.11 Å². The first-order valence-corrected chi connectivity index (χ1v) is 8.55. The normalized spacial score (nSPS) is 16.8. The Balaban J connectivity index is 1.90. The van der Waals surface area contributed by atoms with Gasteiger partial charge in [0, 0.05) is 0 Å². The van der Waals surface area contributed by atoms with Crippen LogP contribution in [0.2, 0.25) is 0 Å². The molecule has 2 aromatic rings. The van der Waals surface area contributed by atoms with Crippen LogP contribution in [0.5, 0.6) is 5.75 Å². The Morgan fingerprint density at radius 1 is 1.27 bits per heavy atom. The van der Waals surface area contributed by atoms with E-state index in [1.54, 1.807) is 25.3 Å². The zero-order chi connectivity index (χ0) is 18.7. The summed E-state index contributed by atoms with van der Waals surface area (Å²) in [6.07, 6.45) is 1.74. The number of nitrogens with one attached hydrogen (secondary N) is 1. The maximum Gasteiger partial charge on any atom is 0.337 e. The van der Waals surface area contributed by atoms with Crippen LogP contribution < -0.4 is 10.1 Å². The molecule has 0 spiro atoms. The predicted molar refractivity (Wildman–Crippen MR) is 102 cm³/mol. The molecule has 1 fully saturated rings. The molecule has 3 rings (SSSR count). The first-order chi connectivity index (χ1) is 12.5. The maximum absolute atomic E-state index is 12.2. The van der Waals surface area contributed by atoms with Crippen molar-refractivity contribution < 1.29 is 19.4 Å². The van der Waals surface area contributed by atoms with Gasteiger partial charge in [-0.25, -0.2) is 9.79 Å². The van der Waals surface area contributed by atoms with E-state index in [1.165, 1.54) is 6.07 Å². The Hall–Kier alpha value is -3.06. The lowest BCUT2D eigenvalue weighted by Gasteiger charge is -2.03. The molecule has 0 aliphatic carbocycles. The average molecular weight is 368 g/mol. The van der Waals surface area contributed by atoms with Gasteiger partial charge >= 0.3 is 5.97 Å². The minimum absolute atomic E-state index is 0.0863. The summed E-state index contributed by atoms with van der Waals surface area (Å²) in [6, 6.07) is 12.2. The SMILES string of the molecule is COc1cccc(/C=C2\SC(=Nc3cc(C)ccc3C(=O)O)NC2=O)c1. The molecule has 0 unspecified atom stereocenters. The van der Waals surface area contributed by atoms with Crippen LogP contribution in [-0.2, 0) is 4.79 Å². The van der Waals surface area contributed by atoms with E-state index < -0.39 is 5.97 Å². The highest BCUT2D eigenvalue weighted by Crippen LogP contribution is 2.30. The van der Waals surface area contributed by atoms with E-state index >= 15 is 0 Å². The van der Waals surface area contributed by atoms with Crippen molar-refractivity contribution in [1.29, 1.82) is 0 Å². The number of rotatable bonds is 4. The number of nitrogens with zero attached hydrogens (tertiary/aromatic N) is 1. The molecular weight excluding hydrogens is 352 g/mol. The number of hydrogen-bond donors (Lipinski definition) is 2. The van der Waals surface area contributed by atoms with Gasteiger partial charge in [0.05, 0.1) is 23.3 Å². The van der Waals surface area contributed by atoms with Crippen molar-refractivity contribution in [2.45, 2.75) is 6.92 Å². The molecule has 26 heavy (non-hydrogen) atoms. The zero-order valence-electron chi connectivity index (χ0n) is 14.1. The van der Waals surface area contributed by atoms with E-state index in [2.05, 4.69) is 10.3 Å². The molecule has 2 aromatic carbocycles. The fourth-order valence-corrected chi connectivity index (χ4v) is 3.22. The lowest BCUT2D eigenvalue weighted by molar-refractivity contribution is -0.115. The molecule has 0 atom stereocenters. The highest BCUT2D eigenvalue weighted by Gasteiger charge is 2.24. The number of aliphatic imine (C=N–C) groups is 1. The van der Waals surface area contributed by atoms with Gasteiger partial charge in [-0.3, -0.25) is 4.79 Å². The first-order valence-electron chi connectivity index (χ1n) is 7.74. The van der Waals surface area contributed by atoms with Crippen LogP contribution in [0.1, 0.15) is 21.5 Å². The number of aromatic carboxylic acids is 1. The molecule has 1 amide bonds. The van der Waals surface area contributed by atoms with E-state index in [-0.39, 0.29) is 11.5 Å². The van der Waals surface area contributed by atoms with Gasteiger partial charge in [0.1, 0.15) is 5.75 Å². The quantitative estimate of drug-likeness (QED) is 0.805. The number of ether oxygens (including phenoxy) is 1. The molecular formula is C19H16N2O4S. The number of carbonyl (C=O) groups excluding carboxylic acids is 1. The largest absolute Gasteiger partial charge is 0.497 e. The van der Waals surface area contributed by atoms with Gasteiger partial charge in [-0.05, 0) is 60.2 Å². The van der Waals surface area contributed by atoms with Crippen molar-refractivity contribution in [1.82, 2.24) is 5.32 Å². The number of amidine groups is 1. The number of aryl methyl sites for hydroxylation is 1. The third-order valence-electron chi connectivity index (χ3n) is 3.65. The van der Waals surface area contributed by atoms with E-state index in [4.69, 9.17) is 4.74 Å². The summed E-state index contributed by atoms with van der Waals surface area (Å²) in [7, 11) is 1.58. The summed E-state index contributed by atoms with van der Waals surface area (Å²) in [5.41, 5.74) is 2.10. The van der Waals surface area contributed by atoms with Crippen LogP contribution in [0.15, 0.2) is 52.4 Å². The Morgan fingerprint density at radius 3 is 2.81 bits per heavy atom. The number of carboxylic acids is 1. The summed E-state index contributed by atoms with van der Waals surface area (Å²) in [5.74, 6) is -0.644. The van der Waals surface area contributed by atoms with Crippen LogP contribution in [0.3, 0.4) is 0 Å². The van der Waals surface area contributed by atoms with Crippen molar-refractivity contribution in [3.63, 3.8) is 0 Å². The topological polar surface area (TPSA) is 88.0 Å². The van der Waals surface area contributed by atoms with Gasteiger partial charge in [-0.15, -0.1) is 0 Å². The second kappa shape index (κ2) is 7.45. The Bertz CT molecular complexity index is 950. The minimum Gasteiger partial charge on any atom is -0.497 e. The van der Waals surface area contributed by atoms with E-state index in [0.29, 0.717) is 21.5 Å². The Labute approximate surface area is 154 Å². The third kappa shape index (κ3) is 3.94. The lowest BCUT2D eigenvalue weighted by atomic mass is 10.1. The standard InChI is InChI=1S/C19H16N2O4S/c1-11-6-7-14(18(23)24)15(8-11)20-19-21-17(22)16(26-19)10-12-4-3-5-13(9-12)25-2/h3-10H,1-2H3,(H,23,24)(H,20,21,22)/b16-10-. The van der Waals surface area contributed by atoms with Crippen molar-refractivity contribution in [3.05, 3.63) is 64.1 Å². The van der Waals surface area contributed by atoms with Gasteiger partial charge in [-0.2, -0.15) is 0 Å². The van der Waals surface area contributed by atoms with Crippen molar-refractivity contribution in [3.8, 4) is 5.75 Å². The smallest absolute Gasteiger partial charge is 0.337 e. The van der Waals surface area contributed by atoms with Crippen molar-refractivity contribution in [2.24, 2.45) is 4.99 Å². The van der Waals surface area contributed by atoms with Gasteiger partial charge in [-0.1, -0.05) is 18.2 Å². The summed E-state index contributed by atoms with van der Waals surface area (Å²) in [5, 5.41) is 12.3. The van der Waals surface area contributed by atoms with Gasteiger partial charge < -0.3 is 15.2 Å². The molecule has 132 valence electrons. The monoisotopic (exact) mass is 368 g/mol. The van der Waals surface area contributed by atoms with Crippen LogP contribution in [0.4, 0.5) is 5.69 Å². The lowest BCUT2D eigenvalue weighted by Crippen LogP contribution is -2.19. The van der Waals surface area contributed by atoms with E-state index in [9.17, 15) is 14.7 Å². The second-order valence-corrected chi connectivity index (χ2v) is 6.61. The molecule has 1 saturated heterocycles. The number of methoxy groups -OCH3 is 1. The summed E-state index contributed by atoms with van der Waals surface area (Å²) in [6.45, 7) is 1.85. The van der Waals surface area contributed by atoms with Crippen LogP contribution >= 0.6 is 11.8 Å². The zero-order valence-corrected chi connectivity index (χ0v) is 15.0. The van der Waals surface area contributed by atoms with E-state index in [1.807, 2.05) is 31.2 Å². The fourth-order valence-electron chi connectivity index (χ4n) is 2.39. The Kier molecular flexibility index (Phi) is 5.09. The molecule has 0 aromatic heterocycles. The predicted octanol–water partition coefficient (Wildman–Crippen LogP) is 3.59. The molecule has 1 aliphatic rings. The highest BCUT2D eigenvalue weighted by atomic mass is 32.2. The molecule has 0 saturated carbocycles. The molecule has 6 nitrogen and oxygen atoms in total.